The zero-order valence-electron chi connectivity index (χ0n) is 10.9. The fraction of sp³-hybridized carbons (Fsp3) is 0.0714. The fourth-order valence-corrected chi connectivity index (χ4v) is 2.17. The van der Waals surface area contributed by atoms with E-state index >= 15 is 0 Å². The van der Waals surface area contributed by atoms with E-state index in [1.165, 1.54) is 12.1 Å². The summed E-state index contributed by atoms with van der Waals surface area (Å²) in [6, 6.07) is 7.79. The third kappa shape index (κ3) is 2.48. The van der Waals surface area contributed by atoms with Crippen LogP contribution in [0.25, 0.3) is 11.0 Å². The number of aromatic hydroxyl groups is 1. The second-order valence-electron chi connectivity index (χ2n) is 4.53. The number of nitrogens with one attached hydrogen (secondary N) is 2. The number of benzene rings is 1. The smallest absolute Gasteiger partial charge is 0.296 e. The van der Waals surface area contributed by atoms with Crippen LogP contribution in [-0.2, 0) is 6.54 Å². The van der Waals surface area contributed by atoms with Gasteiger partial charge in [-0.05, 0) is 29.8 Å². The Kier molecular flexibility index (Phi) is 3.15. The van der Waals surface area contributed by atoms with Gasteiger partial charge in [0.15, 0.2) is 0 Å². The van der Waals surface area contributed by atoms with Crippen LogP contribution in [0.3, 0.4) is 0 Å². The summed E-state index contributed by atoms with van der Waals surface area (Å²) in [7, 11) is 0. The molecule has 0 radical (unpaired) electrons. The van der Waals surface area contributed by atoms with Crippen molar-refractivity contribution < 1.29 is 10.0 Å². The van der Waals surface area contributed by atoms with Crippen LogP contribution < -0.4 is 5.32 Å². The minimum atomic E-state index is -0.529. The summed E-state index contributed by atoms with van der Waals surface area (Å²) in [6.07, 6.45) is 3.51. The highest BCUT2D eigenvalue weighted by molar-refractivity contribution is 5.80. The molecule has 0 spiro atoms. The average Bonchev–Trinajstić information content (AvgIpc) is 2.89. The first-order chi connectivity index (χ1) is 10.1. The van der Waals surface area contributed by atoms with Gasteiger partial charge in [0.2, 0.25) is 0 Å². The van der Waals surface area contributed by atoms with Gasteiger partial charge in [-0.1, -0.05) is 0 Å². The number of H-pyrrole nitrogens is 1. The number of nitro groups is 1. The number of anilines is 1. The molecule has 0 unspecified atom stereocenters. The highest BCUT2D eigenvalue weighted by Gasteiger charge is 2.14. The van der Waals surface area contributed by atoms with Crippen LogP contribution in [0.2, 0.25) is 0 Å². The molecule has 1 aromatic carbocycles. The molecule has 0 saturated carbocycles. The fourth-order valence-electron chi connectivity index (χ4n) is 2.17. The summed E-state index contributed by atoms with van der Waals surface area (Å²) < 4.78 is 0. The van der Waals surface area contributed by atoms with E-state index in [1.54, 1.807) is 6.20 Å². The Balaban J connectivity index is 1.87. The molecule has 106 valence electrons. The summed E-state index contributed by atoms with van der Waals surface area (Å²) in [5.74, 6) is -0.136. The Labute approximate surface area is 119 Å². The van der Waals surface area contributed by atoms with Gasteiger partial charge in [-0.25, -0.2) is 4.98 Å². The first kappa shape index (κ1) is 12.9. The first-order valence-corrected chi connectivity index (χ1v) is 6.27. The number of nitrogens with zero attached hydrogens (tertiary/aromatic N) is 2. The topological polar surface area (TPSA) is 104 Å². The molecule has 0 aliphatic heterocycles. The number of fused-ring (bicyclic) bond motifs is 1. The predicted octanol–water partition coefficient (Wildman–Crippen LogP) is 2.79. The maximum atomic E-state index is 11.0. The number of hydrogen-bond acceptors (Lipinski definition) is 5. The van der Waals surface area contributed by atoms with Gasteiger partial charge < -0.3 is 15.4 Å². The van der Waals surface area contributed by atoms with Crippen molar-refractivity contribution in [3.63, 3.8) is 0 Å². The number of rotatable bonds is 4. The van der Waals surface area contributed by atoms with Crippen molar-refractivity contribution in [2.45, 2.75) is 6.54 Å². The Morgan fingerprint density at radius 1 is 1.38 bits per heavy atom. The summed E-state index contributed by atoms with van der Waals surface area (Å²) in [6.45, 7) is 0.414. The number of phenolic OH excluding ortho intramolecular Hbond substituents is 1. The maximum absolute atomic E-state index is 11.0. The summed E-state index contributed by atoms with van der Waals surface area (Å²) >= 11 is 0. The Hall–Kier alpha value is -3.09. The second kappa shape index (κ2) is 5.12. The Morgan fingerprint density at radius 3 is 3.05 bits per heavy atom. The van der Waals surface area contributed by atoms with Crippen molar-refractivity contribution in [1.29, 1.82) is 0 Å². The molecule has 7 heteroatoms. The molecule has 0 saturated heterocycles. The van der Waals surface area contributed by atoms with Gasteiger partial charge in [0.1, 0.15) is 17.1 Å². The first-order valence-electron chi connectivity index (χ1n) is 6.27. The number of phenols is 1. The van der Waals surface area contributed by atoms with Crippen LogP contribution in [0.15, 0.2) is 42.7 Å². The lowest BCUT2D eigenvalue weighted by molar-refractivity contribution is -0.384. The van der Waals surface area contributed by atoms with E-state index in [4.69, 9.17) is 0 Å². The van der Waals surface area contributed by atoms with Crippen LogP contribution >= 0.6 is 0 Å². The predicted molar refractivity (Wildman–Crippen MR) is 78.2 cm³/mol. The lowest BCUT2D eigenvalue weighted by atomic mass is 10.2. The van der Waals surface area contributed by atoms with Gasteiger partial charge in [-0.15, -0.1) is 0 Å². The highest BCUT2D eigenvalue weighted by atomic mass is 16.6. The molecular formula is C14H12N4O3. The SMILES string of the molecule is O=[N+]([O-])c1cc(O)ccc1NCc1c[nH]c2ncccc12. The Morgan fingerprint density at radius 2 is 2.24 bits per heavy atom. The third-order valence-corrected chi connectivity index (χ3v) is 3.18. The molecule has 0 fully saturated rings. The van der Waals surface area contributed by atoms with Crippen molar-refractivity contribution in [2.75, 3.05) is 5.32 Å². The van der Waals surface area contributed by atoms with Crippen LogP contribution in [-0.4, -0.2) is 20.0 Å². The Bertz CT molecular complexity index is 813. The minimum absolute atomic E-state index is 0.136. The largest absolute Gasteiger partial charge is 0.508 e. The van der Waals surface area contributed by atoms with Crippen LogP contribution in [0.5, 0.6) is 5.75 Å². The number of aromatic nitrogens is 2. The number of hydrogen-bond donors (Lipinski definition) is 3. The van der Waals surface area contributed by atoms with Gasteiger partial charge in [-0.3, -0.25) is 10.1 Å². The summed E-state index contributed by atoms with van der Waals surface area (Å²) in [4.78, 5) is 17.7. The van der Waals surface area contributed by atoms with Crippen molar-refractivity contribution in [3.8, 4) is 5.75 Å². The molecule has 0 aliphatic rings. The monoisotopic (exact) mass is 284 g/mol. The van der Waals surface area contributed by atoms with Crippen molar-refractivity contribution >= 4 is 22.4 Å². The zero-order chi connectivity index (χ0) is 14.8. The molecule has 0 aliphatic carbocycles. The third-order valence-electron chi connectivity index (χ3n) is 3.18. The lowest BCUT2D eigenvalue weighted by Gasteiger charge is -2.06. The number of pyridine rings is 1. The summed E-state index contributed by atoms with van der Waals surface area (Å²) in [5, 5.41) is 24.3. The molecule has 21 heavy (non-hydrogen) atoms. The molecule has 3 aromatic rings. The van der Waals surface area contributed by atoms with Gasteiger partial charge >= 0.3 is 0 Å². The highest BCUT2D eigenvalue weighted by Crippen LogP contribution is 2.29. The van der Waals surface area contributed by atoms with E-state index in [2.05, 4.69) is 15.3 Å². The van der Waals surface area contributed by atoms with Crippen LogP contribution in [0.4, 0.5) is 11.4 Å². The van der Waals surface area contributed by atoms with E-state index < -0.39 is 4.92 Å². The van der Waals surface area contributed by atoms with E-state index in [-0.39, 0.29) is 11.4 Å². The van der Waals surface area contributed by atoms with Crippen molar-refractivity contribution in [3.05, 3.63) is 58.4 Å². The molecule has 7 nitrogen and oxygen atoms in total. The number of nitro benzene ring substituents is 1. The second-order valence-corrected chi connectivity index (χ2v) is 4.53. The van der Waals surface area contributed by atoms with Crippen molar-refractivity contribution in [1.82, 2.24) is 9.97 Å². The molecule has 2 aromatic heterocycles. The molecular weight excluding hydrogens is 272 g/mol. The normalized spacial score (nSPS) is 10.7. The zero-order valence-corrected chi connectivity index (χ0v) is 10.9. The lowest BCUT2D eigenvalue weighted by Crippen LogP contribution is -2.02. The van der Waals surface area contributed by atoms with Gasteiger partial charge in [0.25, 0.3) is 5.69 Å². The minimum Gasteiger partial charge on any atom is -0.508 e. The average molecular weight is 284 g/mol. The maximum Gasteiger partial charge on any atom is 0.296 e. The molecule has 2 heterocycles. The van der Waals surface area contributed by atoms with E-state index in [1.807, 2.05) is 18.3 Å². The standard InChI is InChI=1S/C14H12N4O3/c19-10-3-4-12(13(6-10)18(20)21)16-7-9-8-17-14-11(9)2-1-5-15-14/h1-6,8,16,19H,7H2,(H,15,17). The van der Waals surface area contributed by atoms with Crippen LogP contribution in [0.1, 0.15) is 5.56 Å². The number of aromatic amines is 1. The molecule has 0 bridgehead atoms. The molecule has 0 atom stereocenters. The van der Waals surface area contributed by atoms with Gasteiger partial charge in [0.05, 0.1) is 11.0 Å². The molecule has 3 N–H and O–H groups in total. The van der Waals surface area contributed by atoms with E-state index in [0.29, 0.717) is 12.2 Å². The van der Waals surface area contributed by atoms with Crippen LogP contribution in [0, 0.1) is 10.1 Å². The molecule has 0 amide bonds. The summed E-state index contributed by atoms with van der Waals surface area (Å²) in [5.41, 5.74) is 1.93. The van der Waals surface area contributed by atoms with Gasteiger partial charge in [0, 0.05) is 24.3 Å². The van der Waals surface area contributed by atoms with Crippen molar-refractivity contribution in [2.24, 2.45) is 0 Å². The van der Waals surface area contributed by atoms with Gasteiger partial charge in [-0.2, -0.15) is 0 Å². The quantitative estimate of drug-likeness (QED) is 0.388. The molecule has 3 rings (SSSR count). The van der Waals surface area contributed by atoms with E-state index in [0.717, 1.165) is 22.7 Å². The van der Waals surface area contributed by atoms with E-state index in [9.17, 15) is 15.2 Å².